The average Bonchev–Trinajstić information content (AvgIpc) is 3.74. The fourth-order valence-corrected chi connectivity index (χ4v) is 12.8. The molecular formula is C32H26S4. The van der Waals surface area contributed by atoms with Gasteiger partial charge >= 0.3 is 0 Å². The summed E-state index contributed by atoms with van der Waals surface area (Å²) in [7, 11) is -1.72. The smallest absolute Gasteiger partial charge is 0.00354 e. The lowest BCUT2D eigenvalue weighted by Gasteiger charge is -2.27. The van der Waals surface area contributed by atoms with E-state index >= 15 is 0 Å². The Hall–Kier alpha value is -2.76. The molecule has 8 rings (SSSR count). The van der Waals surface area contributed by atoms with Gasteiger partial charge in [0.25, 0.3) is 0 Å². The van der Waals surface area contributed by atoms with Gasteiger partial charge in [0.05, 0.1) is 0 Å². The Morgan fingerprint density at radius 2 is 0.639 bits per heavy atom. The lowest BCUT2D eigenvalue weighted by Crippen LogP contribution is -1.95. The summed E-state index contributed by atoms with van der Waals surface area (Å²) in [5, 5.41) is 28.1. The highest BCUT2D eigenvalue weighted by molar-refractivity contribution is 8.23. The van der Waals surface area contributed by atoms with Gasteiger partial charge in [-0.1, -0.05) is 66.8 Å². The van der Waals surface area contributed by atoms with Crippen molar-refractivity contribution in [3.63, 3.8) is 0 Å². The van der Waals surface area contributed by atoms with Gasteiger partial charge < -0.3 is 0 Å². The van der Waals surface area contributed by atoms with E-state index in [0.717, 1.165) is 0 Å². The molecular weight excluding hydrogens is 513 g/mol. The molecule has 4 heterocycles. The van der Waals surface area contributed by atoms with Crippen LogP contribution in [0.2, 0.25) is 0 Å². The van der Waals surface area contributed by atoms with Crippen LogP contribution >= 0.6 is 43.6 Å². The minimum absolute atomic E-state index is 0.427. The molecule has 0 fully saturated rings. The summed E-state index contributed by atoms with van der Waals surface area (Å²) in [6.45, 7) is 0. The van der Waals surface area contributed by atoms with Crippen LogP contribution in [0.3, 0.4) is 0 Å². The van der Waals surface area contributed by atoms with E-state index in [1.807, 2.05) is 0 Å². The van der Waals surface area contributed by atoms with Crippen LogP contribution < -0.4 is 0 Å². The number of benzene rings is 4. The molecule has 4 heteroatoms. The maximum absolute atomic E-state index is 2.58. The predicted octanol–water partition coefficient (Wildman–Crippen LogP) is 10.2. The van der Waals surface area contributed by atoms with Crippen molar-refractivity contribution in [2.24, 2.45) is 0 Å². The molecule has 36 heavy (non-hydrogen) atoms. The van der Waals surface area contributed by atoms with Crippen LogP contribution in [-0.2, 0) is 0 Å². The zero-order chi connectivity index (χ0) is 23.6. The standard InChI is InChI=1S/C32H26S4/c1-2-13-33(12-1)27-20-25-29(35-16-5-6-17-35)22-30(36-18-7-8-19-36)26-21-28(34-14-3-4-15-34)24-11-9-10-23(27)31(24)32(25)26/h1-22,33-36H. The summed E-state index contributed by atoms with van der Waals surface area (Å²) in [5.74, 6) is 0. The Morgan fingerprint density at radius 1 is 0.333 bits per heavy atom. The zero-order valence-electron chi connectivity index (χ0n) is 19.5. The average molecular weight is 539 g/mol. The summed E-state index contributed by atoms with van der Waals surface area (Å²) in [6, 6.07) is 14.7. The first-order valence-corrected chi connectivity index (χ1v) is 18.1. The SMILES string of the molecule is C1=C[SH](c2cc3c([SH]4C=CC=C4)cc([SH]4C=CC=C4)c4cc([SH]5C=CC=C5)c5cccc2c5c34)C=C1. The quantitative estimate of drug-likeness (QED) is 0.144. The molecule has 0 aliphatic carbocycles. The third-order valence-corrected chi connectivity index (χ3v) is 15.0. The molecule has 0 atom stereocenters. The predicted molar refractivity (Wildman–Crippen MR) is 172 cm³/mol. The molecule has 0 nitrogen and oxygen atoms in total. The van der Waals surface area contributed by atoms with Crippen molar-refractivity contribution in [3.05, 3.63) is 128 Å². The molecule has 4 aliphatic rings. The normalized spacial score (nSPS) is 21.4. The number of thiol groups is 4. The van der Waals surface area contributed by atoms with Gasteiger partial charge in [-0.25, -0.2) is 0 Å². The summed E-state index contributed by atoms with van der Waals surface area (Å²) < 4.78 is 0. The molecule has 0 saturated carbocycles. The number of hydrogen-bond acceptors (Lipinski definition) is 0. The molecule has 0 N–H and O–H groups in total. The highest BCUT2D eigenvalue weighted by Gasteiger charge is 2.24. The van der Waals surface area contributed by atoms with Crippen molar-refractivity contribution in [3.8, 4) is 0 Å². The molecule has 0 radical (unpaired) electrons. The van der Waals surface area contributed by atoms with Gasteiger partial charge in [0, 0.05) is 19.6 Å². The molecule has 0 unspecified atom stereocenters. The van der Waals surface area contributed by atoms with E-state index in [1.54, 1.807) is 0 Å². The second-order valence-corrected chi connectivity index (χ2v) is 16.8. The molecule has 0 amide bonds. The molecule has 0 aromatic heterocycles. The van der Waals surface area contributed by atoms with E-state index in [-0.39, 0.29) is 0 Å². The fourth-order valence-electron chi connectivity index (χ4n) is 5.76. The van der Waals surface area contributed by atoms with Crippen molar-refractivity contribution < 1.29 is 0 Å². The molecule has 0 saturated heterocycles. The van der Waals surface area contributed by atoms with Gasteiger partial charge in [-0.3, -0.25) is 0 Å². The van der Waals surface area contributed by atoms with Crippen molar-refractivity contribution in [2.45, 2.75) is 19.6 Å². The third kappa shape index (κ3) is 3.15. The topological polar surface area (TPSA) is 0 Å². The third-order valence-electron chi connectivity index (χ3n) is 7.32. The van der Waals surface area contributed by atoms with Crippen LogP contribution in [0.25, 0.3) is 32.3 Å². The lowest BCUT2D eigenvalue weighted by molar-refractivity contribution is 1.40. The van der Waals surface area contributed by atoms with E-state index in [4.69, 9.17) is 0 Å². The Kier molecular flexibility index (Phi) is 4.97. The Labute approximate surface area is 222 Å². The summed E-state index contributed by atoms with van der Waals surface area (Å²) in [6.07, 6.45) is 17.8. The Morgan fingerprint density at radius 3 is 1.00 bits per heavy atom. The van der Waals surface area contributed by atoms with E-state index < -0.39 is 43.6 Å². The van der Waals surface area contributed by atoms with E-state index in [9.17, 15) is 0 Å². The van der Waals surface area contributed by atoms with Gasteiger partial charge in [0.2, 0.25) is 0 Å². The van der Waals surface area contributed by atoms with E-state index in [1.165, 1.54) is 51.9 Å². The Bertz CT molecular complexity index is 1640. The van der Waals surface area contributed by atoms with Crippen LogP contribution in [0.4, 0.5) is 0 Å². The Balaban J connectivity index is 1.58. The van der Waals surface area contributed by atoms with E-state index in [2.05, 4.69) is 128 Å². The molecule has 4 aliphatic heterocycles. The fraction of sp³-hybridized carbons (Fsp3) is 0. The van der Waals surface area contributed by atoms with Gasteiger partial charge in [-0.15, -0.1) is 0 Å². The second kappa shape index (κ2) is 8.39. The number of allylic oxidation sites excluding steroid dienone is 8. The highest BCUT2D eigenvalue weighted by Crippen LogP contribution is 2.59. The van der Waals surface area contributed by atoms with Crippen LogP contribution in [0.5, 0.6) is 0 Å². The van der Waals surface area contributed by atoms with Gasteiger partial charge in [-0.05, 0) is 93.8 Å². The van der Waals surface area contributed by atoms with Crippen molar-refractivity contribution >= 4 is 75.9 Å². The van der Waals surface area contributed by atoms with Crippen LogP contribution in [0.15, 0.2) is 148 Å². The first-order chi connectivity index (χ1) is 17.9. The van der Waals surface area contributed by atoms with Gasteiger partial charge in [0.15, 0.2) is 0 Å². The van der Waals surface area contributed by atoms with Crippen LogP contribution in [0.1, 0.15) is 0 Å². The van der Waals surface area contributed by atoms with E-state index in [0.29, 0.717) is 0 Å². The number of hydrogen-bond donors (Lipinski definition) is 4. The molecule has 178 valence electrons. The lowest BCUT2D eigenvalue weighted by atomic mass is 9.94. The maximum atomic E-state index is 2.58. The maximum Gasteiger partial charge on any atom is 0.00354 e. The molecule has 0 spiro atoms. The molecule has 0 bridgehead atoms. The molecule has 4 aromatic carbocycles. The molecule has 4 aromatic rings. The largest absolute Gasteiger partial charge is 0.186 e. The van der Waals surface area contributed by atoms with Crippen LogP contribution in [0, 0.1) is 0 Å². The van der Waals surface area contributed by atoms with Gasteiger partial charge in [-0.2, -0.15) is 43.6 Å². The minimum Gasteiger partial charge on any atom is -0.186 e. The second-order valence-electron chi connectivity index (χ2n) is 9.27. The summed E-state index contributed by atoms with van der Waals surface area (Å²) >= 11 is 0. The minimum atomic E-state index is -0.435. The number of rotatable bonds is 4. The zero-order valence-corrected chi connectivity index (χ0v) is 23.1. The highest BCUT2D eigenvalue weighted by atomic mass is 32.2. The first-order valence-electron chi connectivity index (χ1n) is 12.2. The van der Waals surface area contributed by atoms with Crippen molar-refractivity contribution in [2.75, 3.05) is 0 Å². The van der Waals surface area contributed by atoms with Crippen molar-refractivity contribution in [1.29, 1.82) is 0 Å². The van der Waals surface area contributed by atoms with Crippen LogP contribution in [-0.4, -0.2) is 0 Å². The summed E-state index contributed by atoms with van der Waals surface area (Å²) in [5.41, 5.74) is 0. The van der Waals surface area contributed by atoms with Gasteiger partial charge in [0.1, 0.15) is 0 Å². The monoisotopic (exact) mass is 538 g/mol. The summed E-state index contributed by atoms with van der Waals surface area (Å²) in [4.78, 5) is 6.03. The van der Waals surface area contributed by atoms with Crippen molar-refractivity contribution in [1.82, 2.24) is 0 Å². The first kappa shape index (κ1) is 21.3.